The number of nitrogens with one attached hydrogen (secondary N) is 1. The summed E-state index contributed by atoms with van der Waals surface area (Å²) in [4.78, 5) is 4.45. The summed E-state index contributed by atoms with van der Waals surface area (Å²) in [6.45, 7) is 4.88. The molecule has 3 nitrogen and oxygen atoms in total. The third-order valence-corrected chi connectivity index (χ3v) is 3.77. The van der Waals surface area contributed by atoms with Crippen LogP contribution in [0, 0.1) is 13.8 Å². The van der Waals surface area contributed by atoms with Gasteiger partial charge < -0.3 is 10.1 Å². The largest absolute Gasteiger partial charge is 0.493 e. The molecule has 0 bridgehead atoms. The molecule has 1 atom stereocenters. The van der Waals surface area contributed by atoms with Gasteiger partial charge in [-0.1, -0.05) is 12.1 Å². The van der Waals surface area contributed by atoms with Crippen molar-refractivity contribution in [2.45, 2.75) is 26.3 Å². The van der Waals surface area contributed by atoms with Crippen LogP contribution in [-0.4, -0.2) is 18.6 Å². The van der Waals surface area contributed by atoms with E-state index in [1.54, 1.807) is 0 Å². The van der Waals surface area contributed by atoms with Crippen molar-refractivity contribution >= 4 is 0 Å². The van der Waals surface area contributed by atoms with Gasteiger partial charge in [0.2, 0.25) is 0 Å². The summed E-state index contributed by atoms with van der Waals surface area (Å²) in [5, 5.41) is 3.41. The predicted octanol–water partition coefficient (Wildman–Crippen LogP) is 2.94. The number of hydrogen-bond acceptors (Lipinski definition) is 3. The molecule has 2 aromatic rings. The minimum absolute atomic E-state index is 0.196. The number of pyridine rings is 1. The maximum atomic E-state index is 5.58. The number of hydrogen-bond donors (Lipinski definition) is 1. The molecule has 1 N–H and O–H groups in total. The standard InChI is InChI=1S/C17H20N2O/c1-11-8-15(9-12(2)19-11)17(18-3)14-4-5-16-13(10-14)6-7-20-16/h4-5,8-10,17-18H,6-7H2,1-3H3. The van der Waals surface area contributed by atoms with Crippen LogP contribution in [0.5, 0.6) is 5.75 Å². The maximum absolute atomic E-state index is 5.58. The van der Waals surface area contributed by atoms with Crippen LogP contribution in [0.2, 0.25) is 0 Å². The first-order valence-electron chi connectivity index (χ1n) is 7.05. The highest BCUT2D eigenvalue weighted by molar-refractivity contribution is 5.43. The van der Waals surface area contributed by atoms with Gasteiger partial charge in [0, 0.05) is 17.8 Å². The number of benzene rings is 1. The first-order valence-corrected chi connectivity index (χ1v) is 7.05. The van der Waals surface area contributed by atoms with E-state index >= 15 is 0 Å². The third-order valence-electron chi connectivity index (χ3n) is 3.77. The molecule has 0 aliphatic carbocycles. The summed E-state index contributed by atoms with van der Waals surface area (Å²) < 4.78 is 5.58. The topological polar surface area (TPSA) is 34.2 Å². The zero-order chi connectivity index (χ0) is 14.1. The van der Waals surface area contributed by atoms with Gasteiger partial charge in [-0.05, 0) is 55.8 Å². The van der Waals surface area contributed by atoms with Gasteiger partial charge in [0.15, 0.2) is 0 Å². The van der Waals surface area contributed by atoms with Crippen LogP contribution in [0.3, 0.4) is 0 Å². The molecular weight excluding hydrogens is 248 g/mol. The van der Waals surface area contributed by atoms with Gasteiger partial charge in [0.25, 0.3) is 0 Å². The number of aromatic nitrogens is 1. The quantitative estimate of drug-likeness (QED) is 0.929. The molecule has 1 aromatic carbocycles. The van der Waals surface area contributed by atoms with Crippen molar-refractivity contribution in [3.63, 3.8) is 0 Å². The number of fused-ring (bicyclic) bond motifs is 1. The van der Waals surface area contributed by atoms with E-state index < -0.39 is 0 Å². The lowest BCUT2D eigenvalue weighted by Gasteiger charge is -2.19. The predicted molar refractivity (Wildman–Crippen MR) is 80.3 cm³/mol. The molecule has 0 saturated carbocycles. The lowest BCUT2D eigenvalue weighted by atomic mass is 9.96. The van der Waals surface area contributed by atoms with Gasteiger partial charge in [-0.15, -0.1) is 0 Å². The molecule has 3 heteroatoms. The Hall–Kier alpha value is -1.87. The minimum Gasteiger partial charge on any atom is -0.493 e. The van der Waals surface area contributed by atoms with E-state index in [1.165, 1.54) is 16.7 Å². The summed E-state index contributed by atoms with van der Waals surface area (Å²) in [6, 6.07) is 11.0. The second-order valence-electron chi connectivity index (χ2n) is 5.37. The average Bonchev–Trinajstić information content (AvgIpc) is 2.86. The first-order chi connectivity index (χ1) is 9.67. The van der Waals surface area contributed by atoms with Gasteiger partial charge in [0.05, 0.1) is 12.6 Å². The maximum Gasteiger partial charge on any atom is 0.122 e. The first kappa shape index (κ1) is 13.1. The van der Waals surface area contributed by atoms with Crippen molar-refractivity contribution in [1.29, 1.82) is 0 Å². The molecule has 1 aliphatic rings. The summed E-state index contributed by atoms with van der Waals surface area (Å²) in [7, 11) is 2.00. The Morgan fingerprint density at radius 2 is 1.85 bits per heavy atom. The van der Waals surface area contributed by atoms with Gasteiger partial charge in [-0.25, -0.2) is 0 Å². The normalized spacial score (nSPS) is 14.8. The molecule has 104 valence electrons. The van der Waals surface area contributed by atoms with Crippen LogP contribution >= 0.6 is 0 Å². The second-order valence-corrected chi connectivity index (χ2v) is 5.37. The number of nitrogens with zero attached hydrogens (tertiary/aromatic N) is 1. The smallest absolute Gasteiger partial charge is 0.122 e. The molecule has 1 aromatic heterocycles. The molecule has 0 saturated heterocycles. The van der Waals surface area contributed by atoms with Gasteiger partial charge in [-0.2, -0.15) is 0 Å². The highest BCUT2D eigenvalue weighted by Gasteiger charge is 2.17. The van der Waals surface area contributed by atoms with Crippen molar-refractivity contribution in [2.24, 2.45) is 0 Å². The van der Waals surface area contributed by atoms with Crippen molar-refractivity contribution in [1.82, 2.24) is 10.3 Å². The number of rotatable bonds is 3. The zero-order valence-electron chi connectivity index (χ0n) is 12.2. The van der Waals surface area contributed by atoms with Crippen LogP contribution in [0.4, 0.5) is 0 Å². The zero-order valence-corrected chi connectivity index (χ0v) is 12.2. The second kappa shape index (κ2) is 5.25. The fourth-order valence-electron chi connectivity index (χ4n) is 2.95. The molecule has 20 heavy (non-hydrogen) atoms. The molecule has 0 amide bonds. The van der Waals surface area contributed by atoms with Gasteiger partial charge in [0.1, 0.15) is 5.75 Å². The molecule has 1 unspecified atom stereocenters. The summed E-state index contributed by atoms with van der Waals surface area (Å²) in [6.07, 6.45) is 1.01. The summed E-state index contributed by atoms with van der Waals surface area (Å²) in [5.41, 5.74) is 5.97. The average molecular weight is 268 g/mol. The Bertz CT molecular complexity index is 617. The lowest BCUT2D eigenvalue weighted by Crippen LogP contribution is -2.18. The third kappa shape index (κ3) is 2.41. The molecule has 0 fully saturated rings. The van der Waals surface area contributed by atoms with E-state index in [1.807, 2.05) is 20.9 Å². The number of ether oxygens (including phenoxy) is 1. The Kier molecular flexibility index (Phi) is 3.45. The fraction of sp³-hybridized carbons (Fsp3) is 0.353. The van der Waals surface area contributed by atoms with E-state index in [4.69, 9.17) is 4.74 Å². The van der Waals surface area contributed by atoms with Gasteiger partial charge >= 0.3 is 0 Å². The lowest BCUT2D eigenvalue weighted by molar-refractivity contribution is 0.357. The minimum atomic E-state index is 0.196. The number of aryl methyl sites for hydroxylation is 2. The Morgan fingerprint density at radius 1 is 1.10 bits per heavy atom. The van der Waals surface area contributed by atoms with Crippen molar-refractivity contribution in [3.05, 3.63) is 58.4 Å². The SMILES string of the molecule is CNC(c1cc(C)nc(C)c1)c1ccc2c(c1)CCO2. The van der Waals surface area contributed by atoms with Gasteiger partial charge in [-0.3, -0.25) is 4.98 Å². The Labute approximate surface area is 120 Å². The Morgan fingerprint density at radius 3 is 2.55 bits per heavy atom. The molecule has 1 aliphatic heterocycles. The van der Waals surface area contributed by atoms with E-state index in [9.17, 15) is 0 Å². The molecule has 0 spiro atoms. The van der Waals surface area contributed by atoms with Crippen molar-refractivity contribution in [2.75, 3.05) is 13.7 Å². The molecule has 3 rings (SSSR count). The van der Waals surface area contributed by atoms with Crippen LogP contribution in [0.25, 0.3) is 0 Å². The monoisotopic (exact) mass is 268 g/mol. The van der Waals surface area contributed by atoms with Crippen LogP contribution in [0.1, 0.15) is 34.1 Å². The summed E-state index contributed by atoms with van der Waals surface area (Å²) >= 11 is 0. The molecule has 2 heterocycles. The Balaban J connectivity index is 2.01. The highest BCUT2D eigenvalue weighted by atomic mass is 16.5. The molecular formula is C17H20N2O. The van der Waals surface area contributed by atoms with Crippen LogP contribution < -0.4 is 10.1 Å². The van der Waals surface area contributed by atoms with E-state index in [-0.39, 0.29) is 6.04 Å². The van der Waals surface area contributed by atoms with E-state index in [2.05, 4.69) is 40.6 Å². The van der Waals surface area contributed by atoms with Crippen LogP contribution in [-0.2, 0) is 6.42 Å². The molecule has 0 radical (unpaired) electrons. The van der Waals surface area contributed by atoms with E-state index in [0.29, 0.717) is 0 Å². The highest BCUT2D eigenvalue weighted by Crippen LogP contribution is 2.30. The van der Waals surface area contributed by atoms with E-state index in [0.717, 1.165) is 30.2 Å². The van der Waals surface area contributed by atoms with Crippen molar-refractivity contribution < 1.29 is 4.74 Å². The van der Waals surface area contributed by atoms with Crippen LogP contribution in [0.15, 0.2) is 30.3 Å². The summed E-state index contributed by atoms with van der Waals surface area (Å²) in [5.74, 6) is 1.03. The fourth-order valence-corrected chi connectivity index (χ4v) is 2.95. The van der Waals surface area contributed by atoms with Crippen molar-refractivity contribution in [3.8, 4) is 5.75 Å².